The maximum Gasteiger partial charge on any atom is 0.417 e. The van der Waals surface area contributed by atoms with E-state index < -0.39 is 47.7 Å². The largest absolute Gasteiger partial charge is 0.480 e. The number of carboxylic acids is 1. The Morgan fingerprint density at radius 3 is 2.33 bits per heavy atom. The Kier molecular flexibility index (Phi) is 4.84. The molecular weight excluding hydrogens is 295 g/mol. The van der Waals surface area contributed by atoms with Gasteiger partial charge < -0.3 is 16.2 Å². The van der Waals surface area contributed by atoms with Gasteiger partial charge in [-0.2, -0.15) is 13.2 Å². The lowest BCUT2D eigenvalue weighted by atomic mass is 10.2. The van der Waals surface area contributed by atoms with E-state index in [2.05, 4.69) is 4.98 Å². The number of nitrogens with two attached hydrogens (primary N) is 1. The number of pyridine rings is 1. The van der Waals surface area contributed by atoms with Crippen molar-refractivity contribution < 1.29 is 32.7 Å². The van der Waals surface area contributed by atoms with Crippen LogP contribution in [-0.2, 0) is 15.8 Å². The van der Waals surface area contributed by atoms with Crippen molar-refractivity contribution in [3.63, 3.8) is 0 Å². The van der Waals surface area contributed by atoms with Gasteiger partial charge in [0.1, 0.15) is 11.7 Å². The smallest absolute Gasteiger partial charge is 0.417 e. The van der Waals surface area contributed by atoms with Gasteiger partial charge in [-0.25, -0.2) is 4.79 Å². The maximum absolute atomic E-state index is 12.3. The van der Waals surface area contributed by atoms with Crippen molar-refractivity contribution in [2.75, 3.05) is 0 Å². The van der Waals surface area contributed by atoms with E-state index in [0.29, 0.717) is 12.3 Å². The molecule has 0 saturated carbocycles. The lowest BCUT2D eigenvalue weighted by Crippen LogP contribution is -2.43. The van der Waals surface area contributed by atoms with Crippen LogP contribution in [0.5, 0.6) is 0 Å². The number of hydrogen-bond acceptors (Lipinski definition) is 4. The third kappa shape index (κ3) is 4.75. The van der Waals surface area contributed by atoms with E-state index >= 15 is 0 Å². The van der Waals surface area contributed by atoms with Crippen molar-refractivity contribution in [2.45, 2.75) is 18.6 Å². The standard InChI is InChI=1S/C11H10F3N3O4/c12-11(13,14)5-1-2-6(16-4-5)9(19)17-7(10(20)21)3-8(15)18/h1-2,4,7H,3H2,(H2,15,18)(H,17,19)(H,20,21)/t7-/m0/s1. The number of nitrogens with zero attached hydrogens (tertiary/aromatic N) is 1. The third-order valence-electron chi connectivity index (χ3n) is 2.33. The van der Waals surface area contributed by atoms with Gasteiger partial charge in [-0.3, -0.25) is 14.6 Å². The van der Waals surface area contributed by atoms with Crippen LogP contribution in [0.15, 0.2) is 18.3 Å². The molecule has 21 heavy (non-hydrogen) atoms. The number of carboxylic acid groups (broad SMARTS) is 1. The number of rotatable bonds is 5. The van der Waals surface area contributed by atoms with E-state index in [4.69, 9.17) is 10.8 Å². The summed E-state index contributed by atoms with van der Waals surface area (Å²) in [7, 11) is 0. The van der Waals surface area contributed by atoms with Crippen LogP contribution >= 0.6 is 0 Å². The minimum atomic E-state index is -4.60. The highest BCUT2D eigenvalue weighted by atomic mass is 19.4. The fourth-order valence-corrected chi connectivity index (χ4v) is 1.33. The van der Waals surface area contributed by atoms with Crippen molar-refractivity contribution in [1.29, 1.82) is 0 Å². The van der Waals surface area contributed by atoms with Gasteiger partial charge in [0, 0.05) is 6.20 Å². The molecule has 1 atom stereocenters. The van der Waals surface area contributed by atoms with Gasteiger partial charge in [-0.15, -0.1) is 0 Å². The molecule has 1 rings (SSSR count). The minimum absolute atomic E-state index is 0.418. The van der Waals surface area contributed by atoms with Crippen LogP contribution in [0.25, 0.3) is 0 Å². The number of carbonyl (C=O) groups excluding carboxylic acids is 2. The van der Waals surface area contributed by atoms with Crippen LogP contribution in [0.2, 0.25) is 0 Å². The molecule has 1 aromatic heterocycles. The van der Waals surface area contributed by atoms with Crippen LogP contribution in [0.1, 0.15) is 22.5 Å². The normalized spacial score (nSPS) is 12.5. The molecule has 0 aliphatic carbocycles. The second-order valence-electron chi connectivity index (χ2n) is 3.96. The summed E-state index contributed by atoms with van der Waals surface area (Å²) in [5.41, 5.74) is 3.35. The highest BCUT2D eigenvalue weighted by Gasteiger charge is 2.31. The number of aliphatic carboxylic acids is 1. The lowest BCUT2D eigenvalue weighted by molar-refractivity contribution is -0.141. The van der Waals surface area contributed by atoms with Crippen LogP contribution in [0.3, 0.4) is 0 Å². The average Bonchev–Trinajstić information content (AvgIpc) is 2.36. The van der Waals surface area contributed by atoms with E-state index in [9.17, 15) is 27.6 Å². The summed E-state index contributed by atoms with van der Waals surface area (Å²) >= 11 is 0. The van der Waals surface area contributed by atoms with E-state index in [-0.39, 0.29) is 0 Å². The Labute approximate surface area is 116 Å². The van der Waals surface area contributed by atoms with Gasteiger partial charge in [0.2, 0.25) is 5.91 Å². The summed E-state index contributed by atoms with van der Waals surface area (Å²) in [6, 6.07) is -0.160. The van der Waals surface area contributed by atoms with Crippen LogP contribution in [0.4, 0.5) is 13.2 Å². The molecule has 7 nitrogen and oxygen atoms in total. The van der Waals surface area contributed by atoms with Crippen molar-refractivity contribution >= 4 is 17.8 Å². The second kappa shape index (κ2) is 6.20. The molecule has 0 aliphatic heterocycles. The molecule has 0 radical (unpaired) electrons. The van der Waals surface area contributed by atoms with Gasteiger partial charge >= 0.3 is 12.1 Å². The topological polar surface area (TPSA) is 122 Å². The molecule has 1 heterocycles. The molecule has 0 unspecified atom stereocenters. The predicted molar refractivity (Wildman–Crippen MR) is 61.9 cm³/mol. The number of alkyl halides is 3. The number of primary amides is 1. The lowest BCUT2D eigenvalue weighted by Gasteiger charge is -2.12. The molecule has 4 N–H and O–H groups in total. The molecule has 114 valence electrons. The average molecular weight is 305 g/mol. The van der Waals surface area contributed by atoms with Gasteiger partial charge in [0.15, 0.2) is 0 Å². The number of amides is 2. The summed E-state index contributed by atoms with van der Waals surface area (Å²) in [5.74, 6) is -3.49. The summed E-state index contributed by atoms with van der Waals surface area (Å²) in [6.45, 7) is 0. The molecule has 0 aliphatic rings. The monoisotopic (exact) mass is 305 g/mol. The number of nitrogens with one attached hydrogen (secondary N) is 1. The Morgan fingerprint density at radius 1 is 1.33 bits per heavy atom. The first kappa shape index (κ1) is 16.4. The minimum Gasteiger partial charge on any atom is -0.480 e. The molecule has 0 bridgehead atoms. The summed E-state index contributed by atoms with van der Waals surface area (Å²) in [5, 5.41) is 10.7. The first-order valence-corrected chi connectivity index (χ1v) is 5.46. The van der Waals surface area contributed by atoms with E-state index in [1.165, 1.54) is 0 Å². The van der Waals surface area contributed by atoms with Crippen molar-refractivity contribution in [2.24, 2.45) is 5.73 Å². The quantitative estimate of drug-likeness (QED) is 0.715. The first-order chi connectivity index (χ1) is 9.61. The summed E-state index contributed by atoms with van der Waals surface area (Å²) < 4.78 is 36.9. The highest BCUT2D eigenvalue weighted by molar-refractivity contribution is 5.96. The first-order valence-electron chi connectivity index (χ1n) is 5.46. The number of aromatic nitrogens is 1. The van der Waals surface area contributed by atoms with Gasteiger partial charge in [0.05, 0.1) is 12.0 Å². The van der Waals surface area contributed by atoms with E-state index in [1.54, 1.807) is 0 Å². The Morgan fingerprint density at radius 2 is 1.95 bits per heavy atom. The molecule has 0 aromatic carbocycles. The SMILES string of the molecule is NC(=O)C[C@H](NC(=O)c1ccc(C(F)(F)F)cn1)C(=O)O. The number of hydrogen-bond donors (Lipinski definition) is 3. The van der Waals surface area contributed by atoms with Crippen molar-refractivity contribution in [1.82, 2.24) is 10.3 Å². The maximum atomic E-state index is 12.3. The highest BCUT2D eigenvalue weighted by Crippen LogP contribution is 2.28. The van der Waals surface area contributed by atoms with E-state index in [0.717, 1.165) is 6.07 Å². The molecule has 2 amide bonds. The fraction of sp³-hybridized carbons (Fsp3) is 0.273. The Hall–Kier alpha value is -2.65. The predicted octanol–water partition coefficient (Wildman–Crippen LogP) is 0.159. The van der Waals surface area contributed by atoms with Gasteiger partial charge in [0.25, 0.3) is 5.91 Å². The van der Waals surface area contributed by atoms with E-state index in [1.807, 2.05) is 5.32 Å². The molecule has 1 aromatic rings. The number of halogens is 3. The number of carbonyl (C=O) groups is 3. The van der Waals surface area contributed by atoms with Crippen LogP contribution in [-0.4, -0.2) is 33.9 Å². The third-order valence-corrected chi connectivity index (χ3v) is 2.33. The van der Waals surface area contributed by atoms with Gasteiger partial charge in [-0.1, -0.05) is 0 Å². The molecule has 0 saturated heterocycles. The van der Waals surface area contributed by atoms with Crippen LogP contribution < -0.4 is 11.1 Å². The molecular formula is C11H10F3N3O4. The van der Waals surface area contributed by atoms with Crippen molar-refractivity contribution in [3.8, 4) is 0 Å². The zero-order valence-corrected chi connectivity index (χ0v) is 10.3. The zero-order valence-electron chi connectivity index (χ0n) is 10.3. The Balaban J connectivity index is 2.83. The Bertz CT molecular complexity index is 557. The second-order valence-corrected chi connectivity index (χ2v) is 3.96. The zero-order chi connectivity index (χ0) is 16.2. The summed E-state index contributed by atoms with van der Waals surface area (Å²) in [6.07, 6.45) is -4.81. The molecule has 0 spiro atoms. The van der Waals surface area contributed by atoms with Crippen molar-refractivity contribution in [3.05, 3.63) is 29.6 Å². The molecule has 10 heteroatoms. The summed E-state index contributed by atoms with van der Waals surface area (Å²) in [4.78, 5) is 36.4. The van der Waals surface area contributed by atoms with Gasteiger partial charge in [-0.05, 0) is 12.1 Å². The molecule has 0 fully saturated rings. The van der Waals surface area contributed by atoms with Crippen LogP contribution in [0, 0.1) is 0 Å². The fourth-order valence-electron chi connectivity index (χ4n) is 1.33.